The number of aromatic nitrogens is 2. The molecule has 0 aliphatic carbocycles. The predicted octanol–water partition coefficient (Wildman–Crippen LogP) is 2.21. The van der Waals surface area contributed by atoms with Crippen LogP contribution in [0.5, 0.6) is 5.75 Å². The summed E-state index contributed by atoms with van der Waals surface area (Å²) in [5, 5.41) is 7.09. The number of ether oxygens (including phenoxy) is 1. The van der Waals surface area contributed by atoms with Crippen molar-refractivity contribution >= 4 is 12.4 Å². The third kappa shape index (κ3) is 3.05. The highest BCUT2D eigenvalue weighted by Crippen LogP contribution is 2.29. The molecule has 0 radical (unpaired) electrons. The molecule has 1 aromatic carbocycles. The smallest absolute Gasteiger partial charge is 0.261 e. The molecule has 0 bridgehead atoms. The summed E-state index contributed by atoms with van der Waals surface area (Å²) in [5.41, 5.74) is 0.852. The molecule has 1 N–H and O–H groups in total. The first-order valence-corrected chi connectivity index (χ1v) is 6.10. The van der Waals surface area contributed by atoms with Crippen molar-refractivity contribution in [2.45, 2.75) is 19.4 Å². The van der Waals surface area contributed by atoms with Gasteiger partial charge in [0.2, 0.25) is 0 Å². The average molecular weight is 282 g/mol. The lowest BCUT2D eigenvalue weighted by atomic mass is 10.2. The molecule has 1 aromatic heterocycles. The van der Waals surface area contributed by atoms with E-state index in [1.54, 1.807) is 6.92 Å². The van der Waals surface area contributed by atoms with E-state index >= 15 is 0 Å². The largest absolute Gasteiger partial charge is 0.488 e. The minimum Gasteiger partial charge on any atom is -0.488 e. The van der Waals surface area contributed by atoms with Crippen LogP contribution in [-0.2, 0) is 0 Å². The van der Waals surface area contributed by atoms with Gasteiger partial charge in [-0.25, -0.2) is 0 Å². The van der Waals surface area contributed by atoms with Gasteiger partial charge >= 0.3 is 0 Å². The number of halogens is 1. The third-order valence-electron chi connectivity index (χ3n) is 2.95. The summed E-state index contributed by atoms with van der Waals surface area (Å²) in [6.07, 6.45) is 1.24. The van der Waals surface area contributed by atoms with Crippen molar-refractivity contribution in [3.05, 3.63) is 30.1 Å². The van der Waals surface area contributed by atoms with Gasteiger partial charge in [-0.1, -0.05) is 17.3 Å². The fourth-order valence-corrected chi connectivity index (χ4v) is 2.06. The number of nitrogens with zero attached hydrogens (tertiary/aromatic N) is 2. The highest BCUT2D eigenvalue weighted by atomic mass is 35.5. The summed E-state index contributed by atoms with van der Waals surface area (Å²) in [6.45, 7) is 3.70. The normalized spacial score (nSPS) is 18.1. The first-order valence-electron chi connectivity index (χ1n) is 6.10. The summed E-state index contributed by atoms with van der Waals surface area (Å²) in [7, 11) is 0. The Balaban J connectivity index is 0.00000133. The Kier molecular flexibility index (Phi) is 4.39. The van der Waals surface area contributed by atoms with Gasteiger partial charge in [0.15, 0.2) is 5.82 Å². The predicted molar refractivity (Wildman–Crippen MR) is 73.6 cm³/mol. The maximum atomic E-state index is 5.98. The SMILES string of the molecule is Cc1noc(-c2ccccc2OC2CCNC2)n1.Cl. The molecule has 5 nitrogen and oxygen atoms in total. The topological polar surface area (TPSA) is 60.2 Å². The van der Waals surface area contributed by atoms with Gasteiger partial charge in [-0.15, -0.1) is 12.4 Å². The molecular weight excluding hydrogens is 266 g/mol. The van der Waals surface area contributed by atoms with Crippen molar-refractivity contribution in [1.29, 1.82) is 0 Å². The molecule has 2 heterocycles. The van der Waals surface area contributed by atoms with Crippen LogP contribution in [0, 0.1) is 6.92 Å². The Morgan fingerprint density at radius 2 is 2.21 bits per heavy atom. The molecular formula is C13H16ClN3O2. The fraction of sp³-hybridized carbons (Fsp3) is 0.385. The lowest BCUT2D eigenvalue weighted by molar-refractivity contribution is 0.223. The zero-order valence-corrected chi connectivity index (χ0v) is 11.4. The van der Waals surface area contributed by atoms with E-state index in [9.17, 15) is 0 Å². The summed E-state index contributed by atoms with van der Waals surface area (Å²) < 4.78 is 11.2. The monoisotopic (exact) mass is 281 g/mol. The standard InChI is InChI=1S/C13H15N3O2.ClH/c1-9-15-13(18-16-9)11-4-2-3-5-12(11)17-10-6-7-14-8-10;/h2-5,10,14H,6-8H2,1H3;1H. The third-order valence-corrected chi connectivity index (χ3v) is 2.95. The maximum Gasteiger partial charge on any atom is 0.261 e. The zero-order chi connectivity index (χ0) is 12.4. The van der Waals surface area contributed by atoms with E-state index in [2.05, 4.69) is 15.5 Å². The van der Waals surface area contributed by atoms with Gasteiger partial charge in [0, 0.05) is 6.54 Å². The van der Waals surface area contributed by atoms with Crippen LogP contribution >= 0.6 is 12.4 Å². The first kappa shape index (κ1) is 13.8. The first-order chi connectivity index (χ1) is 8.83. The molecule has 102 valence electrons. The number of nitrogens with one attached hydrogen (secondary N) is 1. The second-order valence-electron chi connectivity index (χ2n) is 4.38. The number of hydrogen-bond donors (Lipinski definition) is 1. The van der Waals surface area contributed by atoms with E-state index in [0.29, 0.717) is 11.7 Å². The van der Waals surface area contributed by atoms with Crippen LogP contribution in [0.3, 0.4) is 0 Å². The molecule has 1 atom stereocenters. The van der Waals surface area contributed by atoms with Gasteiger partial charge in [0.1, 0.15) is 11.9 Å². The molecule has 1 aliphatic rings. The Labute approximate surface area is 117 Å². The van der Waals surface area contributed by atoms with Crippen LogP contribution in [0.4, 0.5) is 0 Å². The van der Waals surface area contributed by atoms with Crippen LogP contribution < -0.4 is 10.1 Å². The van der Waals surface area contributed by atoms with Crippen molar-refractivity contribution in [3.8, 4) is 17.2 Å². The number of para-hydroxylation sites is 1. The highest BCUT2D eigenvalue weighted by Gasteiger charge is 2.19. The number of benzene rings is 1. The molecule has 1 aliphatic heterocycles. The summed E-state index contributed by atoms with van der Waals surface area (Å²) in [5.74, 6) is 1.94. The molecule has 1 fully saturated rings. The van der Waals surface area contributed by atoms with E-state index in [1.807, 2.05) is 24.3 Å². The molecule has 0 amide bonds. The second kappa shape index (κ2) is 6.04. The van der Waals surface area contributed by atoms with Gasteiger partial charge in [0.05, 0.1) is 5.56 Å². The minimum absolute atomic E-state index is 0. The molecule has 3 rings (SSSR count). The second-order valence-corrected chi connectivity index (χ2v) is 4.38. The lowest BCUT2D eigenvalue weighted by Crippen LogP contribution is -2.19. The highest BCUT2D eigenvalue weighted by molar-refractivity contribution is 5.85. The Morgan fingerprint density at radius 1 is 1.37 bits per heavy atom. The van der Waals surface area contributed by atoms with E-state index in [4.69, 9.17) is 9.26 Å². The van der Waals surface area contributed by atoms with Crippen LogP contribution in [0.15, 0.2) is 28.8 Å². The van der Waals surface area contributed by atoms with E-state index in [-0.39, 0.29) is 18.5 Å². The van der Waals surface area contributed by atoms with Crippen LogP contribution in [0.25, 0.3) is 11.5 Å². The van der Waals surface area contributed by atoms with Crippen LogP contribution in [0.2, 0.25) is 0 Å². The van der Waals surface area contributed by atoms with Crippen molar-refractivity contribution < 1.29 is 9.26 Å². The lowest BCUT2D eigenvalue weighted by Gasteiger charge is -2.14. The van der Waals surface area contributed by atoms with Gasteiger partial charge < -0.3 is 14.6 Å². The molecule has 6 heteroatoms. The van der Waals surface area contributed by atoms with Crippen LogP contribution in [0.1, 0.15) is 12.2 Å². The summed E-state index contributed by atoms with van der Waals surface area (Å²) in [6, 6.07) is 7.76. The molecule has 19 heavy (non-hydrogen) atoms. The van der Waals surface area contributed by atoms with Crippen molar-refractivity contribution in [3.63, 3.8) is 0 Å². The molecule has 1 unspecified atom stereocenters. The van der Waals surface area contributed by atoms with Gasteiger partial charge in [-0.05, 0) is 32.0 Å². The summed E-state index contributed by atoms with van der Waals surface area (Å²) in [4.78, 5) is 4.24. The van der Waals surface area contributed by atoms with Gasteiger partial charge in [-0.3, -0.25) is 0 Å². The molecule has 0 spiro atoms. The summed E-state index contributed by atoms with van der Waals surface area (Å²) >= 11 is 0. The minimum atomic E-state index is 0. The fourth-order valence-electron chi connectivity index (χ4n) is 2.06. The maximum absolute atomic E-state index is 5.98. The number of aryl methyl sites for hydroxylation is 1. The van der Waals surface area contributed by atoms with Crippen molar-refractivity contribution in [2.75, 3.05) is 13.1 Å². The number of hydrogen-bond acceptors (Lipinski definition) is 5. The van der Waals surface area contributed by atoms with Crippen molar-refractivity contribution in [1.82, 2.24) is 15.5 Å². The zero-order valence-electron chi connectivity index (χ0n) is 10.6. The average Bonchev–Trinajstić information content (AvgIpc) is 3.02. The Morgan fingerprint density at radius 3 is 2.89 bits per heavy atom. The van der Waals surface area contributed by atoms with Crippen molar-refractivity contribution in [2.24, 2.45) is 0 Å². The quantitative estimate of drug-likeness (QED) is 0.935. The Bertz CT molecular complexity index is 538. The van der Waals surface area contributed by atoms with E-state index in [0.717, 1.165) is 30.8 Å². The molecule has 0 saturated carbocycles. The Hall–Kier alpha value is -1.59. The number of rotatable bonds is 3. The molecule has 1 saturated heterocycles. The van der Waals surface area contributed by atoms with Crippen LogP contribution in [-0.4, -0.2) is 29.3 Å². The molecule has 2 aromatic rings. The van der Waals surface area contributed by atoms with Gasteiger partial charge in [-0.2, -0.15) is 4.98 Å². The van der Waals surface area contributed by atoms with E-state index in [1.165, 1.54) is 0 Å². The van der Waals surface area contributed by atoms with Gasteiger partial charge in [0.25, 0.3) is 5.89 Å². The van der Waals surface area contributed by atoms with E-state index < -0.39 is 0 Å².